The molecule has 0 fully saturated rings. The van der Waals surface area contributed by atoms with Crippen molar-refractivity contribution in [2.24, 2.45) is 0 Å². The van der Waals surface area contributed by atoms with E-state index in [1.54, 1.807) is 0 Å². The molecule has 0 spiro atoms. The number of rotatable bonds is 17. The first kappa shape index (κ1) is 29.7. The first-order chi connectivity index (χ1) is 10.6. The molecule has 0 heterocycles. The Balaban J connectivity index is -0.000000367. The van der Waals surface area contributed by atoms with Crippen LogP contribution in [0, 0.1) is 0 Å². The van der Waals surface area contributed by atoms with Crippen LogP contribution in [0.2, 0.25) is 0 Å². The molecule has 0 bridgehead atoms. The fraction of sp³-hybridized carbons (Fsp3) is 0.889. The molecule has 0 unspecified atom stereocenters. The van der Waals surface area contributed by atoms with Crippen LogP contribution >= 0.6 is 0 Å². The summed E-state index contributed by atoms with van der Waals surface area (Å²) in [6.07, 6.45) is 17.0. The summed E-state index contributed by atoms with van der Waals surface area (Å²) in [4.78, 5) is 20.7. The maximum atomic E-state index is 10.3. The normalized spacial score (nSPS) is 9.83. The third-order valence-corrected chi connectivity index (χ3v) is 4.03. The van der Waals surface area contributed by atoms with Crippen molar-refractivity contribution in [3.63, 3.8) is 0 Å². The molecule has 6 heteroatoms. The van der Waals surface area contributed by atoms with Crippen LogP contribution in [0.25, 0.3) is 0 Å². The van der Waals surface area contributed by atoms with Gasteiger partial charge in [-0.1, -0.05) is 77.0 Å². The largest absolute Gasteiger partial charge is 1.00 e. The van der Waals surface area contributed by atoms with Crippen LogP contribution in [-0.4, -0.2) is 22.2 Å². The Hall–Kier alpha value is 0.940. The summed E-state index contributed by atoms with van der Waals surface area (Å²) in [5.74, 6) is -1.36. The molecule has 0 aliphatic rings. The zero-order valence-electron chi connectivity index (χ0n) is 18.0. The minimum Gasteiger partial charge on any atom is -1.00 e. The van der Waals surface area contributed by atoms with Crippen LogP contribution < -0.4 is 59.1 Å². The van der Waals surface area contributed by atoms with Crippen molar-refractivity contribution >= 4 is 11.9 Å². The van der Waals surface area contributed by atoms with E-state index in [9.17, 15) is 9.59 Å². The van der Waals surface area contributed by atoms with Gasteiger partial charge >= 0.3 is 71.1 Å². The van der Waals surface area contributed by atoms with Gasteiger partial charge in [-0.15, -0.1) is 0 Å². The van der Waals surface area contributed by atoms with Crippen molar-refractivity contribution in [3.8, 4) is 0 Å². The van der Waals surface area contributed by atoms with Gasteiger partial charge in [0.1, 0.15) is 0 Å². The first-order valence-electron chi connectivity index (χ1n) is 9.06. The van der Waals surface area contributed by atoms with Gasteiger partial charge in [-0.25, -0.2) is 0 Å². The van der Waals surface area contributed by atoms with Gasteiger partial charge in [-0.3, -0.25) is 9.59 Å². The van der Waals surface area contributed by atoms with Crippen molar-refractivity contribution < 1.29 is 81.8 Å². The van der Waals surface area contributed by atoms with Crippen LogP contribution in [0.5, 0.6) is 0 Å². The fourth-order valence-corrected chi connectivity index (χ4v) is 2.67. The molecular weight excluding hydrogens is 326 g/mol. The van der Waals surface area contributed by atoms with Crippen molar-refractivity contribution in [3.05, 3.63) is 0 Å². The molecule has 2 N–H and O–H groups in total. The molecule has 0 aliphatic heterocycles. The van der Waals surface area contributed by atoms with E-state index in [1.165, 1.54) is 64.2 Å². The SMILES string of the molecule is O=C(O)CCCCCCCCCCCCCCCCC(=O)O.[H-].[H-].[Na+].[Na+]. The molecule has 0 saturated heterocycles. The molecule has 0 rings (SSSR count). The van der Waals surface area contributed by atoms with Crippen LogP contribution in [-0.2, 0) is 9.59 Å². The molecule has 0 aromatic rings. The van der Waals surface area contributed by atoms with E-state index in [1.807, 2.05) is 0 Å². The molecule has 134 valence electrons. The summed E-state index contributed by atoms with van der Waals surface area (Å²) in [5.41, 5.74) is 0. The Labute approximate surface area is 195 Å². The molecule has 0 aromatic carbocycles. The van der Waals surface area contributed by atoms with Crippen LogP contribution in [0.3, 0.4) is 0 Å². The zero-order valence-corrected chi connectivity index (χ0v) is 20.0. The Bertz CT molecular complexity index is 268. The van der Waals surface area contributed by atoms with Crippen molar-refractivity contribution in [2.45, 2.75) is 103 Å². The molecular formula is C18H36Na2O4. The number of aliphatic carboxylic acids is 2. The van der Waals surface area contributed by atoms with Gasteiger partial charge in [0.15, 0.2) is 0 Å². The molecule has 0 atom stereocenters. The van der Waals surface area contributed by atoms with Crippen molar-refractivity contribution in [2.75, 3.05) is 0 Å². The number of unbranched alkanes of at least 4 members (excludes halogenated alkanes) is 13. The topological polar surface area (TPSA) is 74.6 Å². The predicted molar refractivity (Wildman–Crippen MR) is 91.4 cm³/mol. The van der Waals surface area contributed by atoms with Crippen LogP contribution in [0.4, 0.5) is 0 Å². The third kappa shape index (κ3) is 27.8. The van der Waals surface area contributed by atoms with E-state index in [-0.39, 0.29) is 62.0 Å². The monoisotopic (exact) mass is 362 g/mol. The van der Waals surface area contributed by atoms with Crippen LogP contribution in [0.1, 0.15) is 106 Å². The summed E-state index contributed by atoms with van der Waals surface area (Å²) in [6, 6.07) is 0. The third-order valence-electron chi connectivity index (χ3n) is 4.03. The van der Waals surface area contributed by atoms with Gasteiger partial charge in [-0.05, 0) is 12.8 Å². The second-order valence-electron chi connectivity index (χ2n) is 6.24. The number of carboxylic acids is 2. The van der Waals surface area contributed by atoms with Crippen molar-refractivity contribution in [1.29, 1.82) is 0 Å². The molecule has 0 radical (unpaired) electrons. The summed E-state index contributed by atoms with van der Waals surface area (Å²) in [5, 5.41) is 17.0. The van der Waals surface area contributed by atoms with E-state index in [4.69, 9.17) is 10.2 Å². The number of carbonyl (C=O) groups is 2. The molecule has 0 amide bonds. The average Bonchev–Trinajstić information content (AvgIpc) is 2.46. The summed E-state index contributed by atoms with van der Waals surface area (Å²) in [6.45, 7) is 0. The molecule has 0 saturated carbocycles. The second kappa shape index (κ2) is 23.9. The van der Waals surface area contributed by atoms with Gasteiger partial charge in [0.25, 0.3) is 0 Å². The van der Waals surface area contributed by atoms with Gasteiger partial charge in [-0.2, -0.15) is 0 Å². The van der Waals surface area contributed by atoms with Gasteiger partial charge in [0.05, 0.1) is 0 Å². The first-order valence-corrected chi connectivity index (χ1v) is 9.06. The minimum atomic E-state index is -0.679. The Kier molecular flexibility index (Phi) is 29.6. The maximum absolute atomic E-state index is 10.3. The second-order valence-corrected chi connectivity index (χ2v) is 6.24. The maximum Gasteiger partial charge on any atom is 1.00 e. The van der Waals surface area contributed by atoms with E-state index in [0.717, 1.165) is 25.7 Å². The molecule has 24 heavy (non-hydrogen) atoms. The average molecular weight is 362 g/mol. The van der Waals surface area contributed by atoms with E-state index >= 15 is 0 Å². The predicted octanol–water partition coefficient (Wildman–Crippen LogP) is -0.370. The van der Waals surface area contributed by atoms with E-state index < -0.39 is 11.9 Å². The standard InChI is InChI=1S/C18H34O4.2Na.2H/c19-17(20)15-13-11-9-7-5-3-1-2-4-6-8-10-12-14-16-18(21)22;;;;/h1-16H2,(H,19,20)(H,21,22);;;;/q;2*+1;2*-1. The minimum absolute atomic E-state index is 0. The van der Waals surface area contributed by atoms with Crippen molar-refractivity contribution in [1.82, 2.24) is 0 Å². The van der Waals surface area contributed by atoms with Gasteiger partial charge in [0, 0.05) is 12.8 Å². The number of hydrogen-bond acceptors (Lipinski definition) is 2. The summed E-state index contributed by atoms with van der Waals surface area (Å²) < 4.78 is 0. The zero-order chi connectivity index (χ0) is 16.5. The Morgan fingerprint density at radius 1 is 0.458 bits per heavy atom. The Morgan fingerprint density at radius 2 is 0.625 bits per heavy atom. The van der Waals surface area contributed by atoms with Crippen LogP contribution in [0.15, 0.2) is 0 Å². The fourth-order valence-electron chi connectivity index (χ4n) is 2.67. The van der Waals surface area contributed by atoms with E-state index in [0.29, 0.717) is 12.8 Å². The van der Waals surface area contributed by atoms with Gasteiger partial charge in [0.2, 0.25) is 0 Å². The van der Waals surface area contributed by atoms with E-state index in [2.05, 4.69) is 0 Å². The quantitative estimate of drug-likeness (QED) is 0.274. The molecule has 0 aromatic heterocycles. The van der Waals surface area contributed by atoms with Gasteiger partial charge < -0.3 is 13.1 Å². The summed E-state index contributed by atoms with van der Waals surface area (Å²) >= 11 is 0. The number of hydrogen-bond donors (Lipinski definition) is 2. The summed E-state index contributed by atoms with van der Waals surface area (Å²) in [7, 11) is 0. The smallest absolute Gasteiger partial charge is 1.00 e. The Morgan fingerprint density at radius 3 is 0.792 bits per heavy atom. The molecule has 0 aliphatic carbocycles. The molecule has 4 nitrogen and oxygen atoms in total. The number of carboxylic acid groups (broad SMARTS) is 2.